The fourth-order valence-electron chi connectivity index (χ4n) is 3.22. The van der Waals surface area contributed by atoms with Crippen molar-refractivity contribution >= 4 is 0 Å². The van der Waals surface area contributed by atoms with Crippen LogP contribution in [0.2, 0.25) is 0 Å². The Balaban J connectivity index is 1.78. The van der Waals surface area contributed by atoms with Crippen LogP contribution in [0, 0.1) is 6.92 Å². The van der Waals surface area contributed by atoms with Gasteiger partial charge in [-0.1, -0.05) is 5.16 Å². The Labute approximate surface area is 131 Å². The molecule has 0 aromatic carbocycles. The Morgan fingerprint density at radius 2 is 2.27 bits per heavy atom. The summed E-state index contributed by atoms with van der Waals surface area (Å²) in [4.78, 5) is 2.39. The Morgan fingerprint density at radius 1 is 1.41 bits per heavy atom. The molecule has 0 amide bonds. The zero-order valence-electron chi connectivity index (χ0n) is 13.6. The molecule has 0 aliphatic carbocycles. The van der Waals surface area contributed by atoms with E-state index in [1.54, 1.807) is 0 Å². The average Bonchev–Trinajstić information content (AvgIpc) is 3.10. The van der Waals surface area contributed by atoms with Crippen LogP contribution in [0.25, 0.3) is 0 Å². The van der Waals surface area contributed by atoms with Crippen molar-refractivity contribution < 1.29 is 9.26 Å². The molecule has 3 rings (SSSR count). The van der Waals surface area contributed by atoms with E-state index in [4.69, 9.17) is 9.26 Å². The number of aryl methyl sites for hydroxylation is 2. The van der Waals surface area contributed by atoms with Gasteiger partial charge in [0.2, 0.25) is 0 Å². The third-order valence-corrected chi connectivity index (χ3v) is 4.10. The van der Waals surface area contributed by atoms with Crippen molar-refractivity contribution in [3.05, 3.63) is 35.0 Å². The lowest BCUT2D eigenvalue weighted by molar-refractivity contribution is 0.101. The predicted octanol–water partition coefficient (Wildman–Crippen LogP) is 2.34. The van der Waals surface area contributed by atoms with E-state index in [2.05, 4.69) is 26.8 Å². The van der Waals surface area contributed by atoms with E-state index < -0.39 is 0 Å². The summed E-state index contributed by atoms with van der Waals surface area (Å²) in [5, 5.41) is 8.63. The molecule has 0 bridgehead atoms. The summed E-state index contributed by atoms with van der Waals surface area (Å²) in [6.07, 6.45) is 2.00. The first-order valence-corrected chi connectivity index (χ1v) is 7.98. The molecule has 1 unspecified atom stereocenters. The molecule has 120 valence electrons. The van der Waals surface area contributed by atoms with Crippen molar-refractivity contribution in [1.82, 2.24) is 19.8 Å². The molecule has 0 radical (unpaired) electrons. The van der Waals surface area contributed by atoms with Crippen molar-refractivity contribution in [1.29, 1.82) is 0 Å². The first-order chi connectivity index (χ1) is 10.7. The lowest BCUT2D eigenvalue weighted by atomic mass is 9.96. The van der Waals surface area contributed by atoms with Gasteiger partial charge in [0.1, 0.15) is 5.76 Å². The normalized spacial score (nSPS) is 18.6. The van der Waals surface area contributed by atoms with E-state index in [1.165, 1.54) is 11.3 Å². The number of ether oxygens (including phenoxy) is 1. The van der Waals surface area contributed by atoms with Gasteiger partial charge in [-0.05, 0) is 20.8 Å². The van der Waals surface area contributed by atoms with Crippen LogP contribution in [0.5, 0.6) is 0 Å². The first-order valence-electron chi connectivity index (χ1n) is 7.98. The molecular formula is C16H24N4O2. The summed E-state index contributed by atoms with van der Waals surface area (Å²) < 4.78 is 13.0. The van der Waals surface area contributed by atoms with Crippen LogP contribution in [0.1, 0.15) is 42.5 Å². The summed E-state index contributed by atoms with van der Waals surface area (Å²) in [6, 6.07) is 2.00. The molecule has 3 heterocycles. The highest BCUT2D eigenvalue weighted by Gasteiger charge is 2.29. The van der Waals surface area contributed by atoms with E-state index in [9.17, 15) is 0 Å². The molecule has 2 aromatic rings. The summed E-state index contributed by atoms with van der Waals surface area (Å²) in [7, 11) is 0. The fourth-order valence-corrected chi connectivity index (χ4v) is 3.22. The summed E-state index contributed by atoms with van der Waals surface area (Å²) in [6.45, 7) is 11.2. The number of hydrogen-bond donors (Lipinski definition) is 0. The molecule has 0 N–H and O–H groups in total. The van der Waals surface area contributed by atoms with Crippen molar-refractivity contribution in [2.75, 3.05) is 19.8 Å². The number of rotatable bonds is 6. The van der Waals surface area contributed by atoms with Gasteiger partial charge in [0.25, 0.3) is 0 Å². The SMILES string of the molecule is CCOCC1CN(Cc2cc(C)on2)Cc2cnn(CC)c21. The monoisotopic (exact) mass is 304 g/mol. The predicted molar refractivity (Wildman–Crippen MR) is 82.5 cm³/mol. The minimum absolute atomic E-state index is 0.360. The number of fused-ring (bicyclic) bond motifs is 1. The zero-order valence-corrected chi connectivity index (χ0v) is 13.6. The highest BCUT2D eigenvalue weighted by atomic mass is 16.5. The molecule has 0 spiro atoms. The quantitative estimate of drug-likeness (QED) is 0.820. The highest BCUT2D eigenvalue weighted by molar-refractivity contribution is 5.25. The van der Waals surface area contributed by atoms with Gasteiger partial charge in [-0.15, -0.1) is 0 Å². The van der Waals surface area contributed by atoms with Crippen molar-refractivity contribution in [3.8, 4) is 0 Å². The molecule has 1 atom stereocenters. The summed E-state index contributed by atoms with van der Waals surface area (Å²) in [5.74, 6) is 1.22. The van der Waals surface area contributed by atoms with Gasteiger partial charge in [-0.2, -0.15) is 5.10 Å². The summed E-state index contributed by atoms with van der Waals surface area (Å²) in [5.41, 5.74) is 3.63. The smallest absolute Gasteiger partial charge is 0.133 e. The minimum Gasteiger partial charge on any atom is -0.381 e. The van der Waals surface area contributed by atoms with E-state index in [1.807, 2.05) is 26.1 Å². The highest BCUT2D eigenvalue weighted by Crippen LogP contribution is 2.29. The second-order valence-electron chi connectivity index (χ2n) is 5.83. The molecule has 22 heavy (non-hydrogen) atoms. The van der Waals surface area contributed by atoms with Gasteiger partial charge in [0.15, 0.2) is 0 Å². The van der Waals surface area contributed by atoms with Gasteiger partial charge in [0.05, 0.1) is 18.5 Å². The largest absolute Gasteiger partial charge is 0.381 e. The Kier molecular flexibility index (Phi) is 4.59. The molecule has 0 saturated carbocycles. The first kappa shape index (κ1) is 15.2. The molecule has 6 nitrogen and oxygen atoms in total. The average molecular weight is 304 g/mol. The van der Waals surface area contributed by atoms with Gasteiger partial charge in [-0.3, -0.25) is 9.58 Å². The molecule has 0 fully saturated rings. The van der Waals surface area contributed by atoms with Crippen molar-refractivity contribution in [2.45, 2.75) is 46.3 Å². The Hall–Kier alpha value is -1.66. The van der Waals surface area contributed by atoms with Gasteiger partial charge in [-0.25, -0.2) is 0 Å². The van der Waals surface area contributed by atoms with E-state index >= 15 is 0 Å². The number of hydrogen-bond acceptors (Lipinski definition) is 5. The van der Waals surface area contributed by atoms with Crippen LogP contribution >= 0.6 is 0 Å². The van der Waals surface area contributed by atoms with Crippen molar-refractivity contribution in [2.24, 2.45) is 0 Å². The van der Waals surface area contributed by atoms with Gasteiger partial charge in [0, 0.05) is 56.0 Å². The van der Waals surface area contributed by atoms with Crippen LogP contribution in [-0.4, -0.2) is 39.6 Å². The zero-order chi connectivity index (χ0) is 15.5. The second kappa shape index (κ2) is 6.62. The van der Waals surface area contributed by atoms with Gasteiger partial charge >= 0.3 is 0 Å². The Morgan fingerprint density at radius 3 is 2.95 bits per heavy atom. The summed E-state index contributed by atoms with van der Waals surface area (Å²) >= 11 is 0. The van der Waals surface area contributed by atoms with Crippen LogP contribution in [0.15, 0.2) is 16.8 Å². The second-order valence-corrected chi connectivity index (χ2v) is 5.83. The minimum atomic E-state index is 0.360. The maximum absolute atomic E-state index is 5.70. The van der Waals surface area contributed by atoms with E-state index in [-0.39, 0.29) is 0 Å². The maximum atomic E-state index is 5.70. The van der Waals surface area contributed by atoms with E-state index in [0.717, 1.165) is 50.8 Å². The van der Waals surface area contributed by atoms with Crippen molar-refractivity contribution in [3.63, 3.8) is 0 Å². The van der Waals surface area contributed by atoms with Crippen LogP contribution in [-0.2, 0) is 24.4 Å². The van der Waals surface area contributed by atoms with Crippen LogP contribution in [0.3, 0.4) is 0 Å². The van der Waals surface area contributed by atoms with E-state index in [0.29, 0.717) is 5.92 Å². The molecule has 2 aromatic heterocycles. The molecule has 0 saturated heterocycles. The third-order valence-electron chi connectivity index (χ3n) is 4.10. The lowest BCUT2D eigenvalue weighted by Gasteiger charge is -2.32. The third kappa shape index (κ3) is 3.08. The maximum Gasteiger partial charge on any atom is 0.133 e. The van der Waals surface area contributed by atoms with Crippen LogP contribution in [0.4, 0.5) is 0 Å². The van der Waals surface area contributed by atoms with Gasteiger partial charge < -0.3 is 9.26 Å². The molecular weight excluding hydrogens is 280 g/mol. The lowest BCUT2D eigenvalue weighted by Crippen LogP contribution is -2.36. The molecule has 1 aliphatic heterocycles. The van der Waals surface area contributed by atoms with Crippen LogP contribution < -0.4 is 0 Å². The molecule has 1 aliphatic rings. The topological polar surface area (TPSA) is 56.3 Å². The number of aromatic nitrogens is 3. The fraction of sp³-hybridized carbons (Fsp3) is 0.625. The molecule has 6 heteroatoms. The standard InChI is InChI=1S/C16H24N4O2/c1-4-20-16-13(7-17-20)8-19(9-14(16)11-21-5-2)10-15-6-12(3)22-18-15/h6-7,14H,4-5,8-11H2,1-3H3. The Bertz CT molecular complexity index is 619. The number of nitrogens with zero attached hydrogens (tertiary/aromatic N) is 4.